The maximum Gasteiger partial charge on any atom is 0.0348 e. The number of benzene rings is 2. The second-order valence-electron chi connectivity index (χ2n) is 5.87. The predicted octanol–water partition coefficient (Wildman–Crippen LogP) is 4.00. The van der Waals surface area contributed by atoms with Gasteiger partial charge >= 0.3 is 0 Å². The molecule has 2 heteroatoms. The molecule has 0 bridgehead atoms. The summed E-state index contributed by atoms with van der Waals surface area (Å²) >= 11 is 0. The van der Waals surface area contributed by atoms with Crippen LogP contribution in [0.1, 0.15) is 18.9 Å². The van der Waals surface area contributed by atoms with Crippen molar-refractivity contribution in [2.75, 3.05) is 5.73 Å². The summed E-state index contributed by atoms with van der Waals surface area (Å²) in [7, 11) is 0. The molecule has 0 heterocycles. The Morgan fingerprint density at radius 3 is 2.43 bits per heavy atom. The fourth-order valence-corrected chi connectivity index (χ4v) is 2.62. The molecular formula is C19H20N2. The summed E-state index contributed by atoms with van der Waals surface area (Å²) in [5.41, 5.74) is 17.4. The Morgan fingerprint density at radius 2 is 1.76 bits per heavy atom. The van der Waals surface area contributed by atoms with Crippen LogP contribution in [0.2, 0.25) is 0 Å². The van der Waals surface area contributed by atoms with E-state index in [2.05, 4.69) is 36.4 Å². The highest BCUT2D eigenvalue weighted by Crippen LogP contribution is 2.34. The van der Waals surface area contributed by atoms with Crippen LogP contribution in [-0.2, 0) is 0 Å². The smallest absolute Gasteiger partial charge is 0.0348 e. The van der Waals surface area contributed by atoms with E-state index < -0.39 is 0 Å². The Bertz CT molecular complexity index is 710. The molecule has 0 fully saturated rings. The number of hydrogen-bond donors (Lipinski definition) is 2. The van der Waals surface area contributed by atoms with E-state index in [0.29, 0.717) is 0 Å². The average molecular weight is 276 g/mol. The molecule has 1 unspecified atom stereocenters. The molecule has 2 nitrogen and oxygen atoms in total. The van der Waals surface area contributed by atoms with Gasteiger partial charge in [-0.25, -0.2) is 0 Å². The van der Waals surface area contributed by atoms with E-state index in [1.807, 2.05) is 37.3 Å². The molecule has 21 heavy (non-hydrogen) atoms. The van der Waals surface area contributed by atoms with E-state index in [4.69, 9.17) is 11.5 Å². The first kappa shape index (κ1) is 13.7. The molecule has 0 saturated heterocycles. The van der Waals surface area contributed by atoms with Crippen molar-refractivity contribution < 1.29 is 0 Å². The fraction of sp³-hybridized carbons (Fsp3) is 0.158. The van der Waals surface area contributed by atoms with Gasteiger partial charge in [-0.2, -0.15) is 0 Å². The first-order chi connectivity index (χ1) is 10.1. The summed E-state index contributed by atoms with van der Waals surface area (Å²) < 4.78 is 0. The van der Waals surface area contributed by atoms with Crippen LogP contribution in [0.4, 0.5) is 5.69 Å². The summed E-state index contributed by atoms with van der Waals surface area (Å²) in [5.74, 6) is 0. The highest BCUT2D eigenvalue weighted by molar-refractivity contribution is 5.87. The Labute approximate surface area is 125 Å². The van der Waals surface area contributed by atoms with Gasteiger partial charge in [-0.3, -0.25) is 0 Å². The normalized spacial score (nSPS) is 21.1. The van der Waals surface area contributed by atoms with Crippen molar-refractivity contribution in [1.82, 2.24) is 0 Å². The molecule has 1 atom stereocenters. The van der Waals surface area contributed by atoms with Crippen molar-refractivity contribution in [2.45, 2.75) is 18.9 Å². The number of nitrogens with two attached hydrogens (primary N) is 2. The molecule has 2 aromatic rings. The third-order valence-electron chi connectivity index (χ3n) is 3.84. The maximum absolute atomic E-state index is 6.14. The molecule has 2 aromatic carbocycles. The van der Waals surface area contributed by atoms with E-state index in [0.717, 1.165) is 17.7 Å². The van der Waals surface area contributed by atoms with Gasteiger partial charge in [0.25, 0.3) is 0 Å². The molecule has 1 aliphatic carbocycles. The highest BCUT2D eigenvalue weighted by Gasteiger charge is 2.18. The monoisotopic (exact) mass is 276 g/mol. The Balaban J connectivity index is 2.09. The first-order valence-corrected chi connectivity index (χ1v) is 7.19. The van der Waals surface area contributed by atoms with E-state index >= 15 is 0 Å². The van der Waals surface area contributed by atoms with Crippen LogP contribution < -0.4 is 11.5 Å². The molecular weight excluding hydrogens is 256 g/mol. The number of anilines is 1. The zero-order valence-corrected chi connectivity index (χ0v) is 12.2. The maximum atomic E-state index is 6.14. The minimum Gasteiger partial charge on any atom is -0.399 e. The Morgan fingerprint density at radius 1 is 1.00 bits per heavy atom. The lowest BCUT2D eigenvalue weighted by atomic mass is 9.86. The number of nitrogen functional groups attached to an aromatic ring is 1. The van der Waals surface area contributed by atoms with Gasteiger partial charge in [0, 0.05) is 11.2 Å². The fourth-order valence-electron chi connectivity index (χ4n) is 2.62. The van der Waals surface area contributed by atoms with Crippen molar-refractivity contribution in [3.8, 4) is 11.1 Å². The Kier molecular flexibility index (Phi) is 3.40. The first-order valence-electron chi connectivity index (χ1n) is 7.19. The lowest BCUT2D eigenvalue weighted by Gasteiger charge is -2.23. The third kappa shape index (κ3) is 2.91. The molecule has 0 aromatic heterocycles. The van der Waals surface area contributed by atoms with Crippen molar-refractivity contribution in [2.24, 2.45) is 5.73 Å². The van der Waals surface area contributed by atoms with E-state index in [9.17, 15) is 0 Å². The molecule has 0 aliphatic heterocycles. The average Bonchev–Trinajstić information content (AvgIpc) is 2.48. The zero-order chi connectivity index (χ0) is 14.9. The predicted molar refractivity (Wildman–Crippen MR) is 90.6 cm³/mol. The van der Waals surface area contributed by atoms with Gasteiger partial charge in [0.2, 0.25) is 0 Å². The number of allylic oxidation sites excluding steroid dienone is 2. The van der Waals surface area contributed by atoms with Gasteiger partial charge in [0.05, 0.1) is 0 Å². The van der Waals surface area contributed by atoms with Crippen LogP contribution in [0, 0.1) is 0 Å². The van der Waals surface area contributed by atoms with Crippen LogP contribution in [0.25, 0.3) is 16.7 Å². The van der Waals surface area contributed by atoms with Gasteiger partial charge in [-0.1, -0.05) is 54.6 Å². The van der Waals surface area contributed by atoms with Crippen molar-refractivity contribution in [3.63, 3.8) is 0 Å². The number of hydrogen-bond acceptors (Lipinski definition) is 2. The molecule has 0 spiro atoms. The van der Waals surface area contributed by atoms with Crippen LogP contribution in [0.5, 0.6) is 0 Å². The van der Waals surface area contributed by atoms with Crippen molar-refractivity contribution in [1.29, 1.82) is 0 Å². The van der Waals surface area contributed by atoms with Crippen LogP contribution in [0.3, 0.4) is 0 Å². The third-order valence-corrected chi connectivity index (χ3v) is 3.84. The van der Waals surface area contributed by atoms with Crippen LogP contribution in [-0.4, -0.2) is 5.54 Å². The second-order valence-corrected chi connectivity index (χ2v) is 5.87. The topological polar surface area (TPSA) is 52.0 Å². The van der Waals surface area contributed by atoms with Crippen molar-refractivity contribution >= 4 is 11.3 Å². The van der Waals surface area contributed by atoms with Crippen LogP contribution >= 0.6 is 0 Å². The van der Waals surface area contributed by atoms with Gasteiger partial charge in [0.1, 0.15) is 0 Å². The van der Waals surface area contributed by atoms with Gasteiger partial charge in [-0.15, -0.1) is 0 Å². The molecule has 106 valence electrons. The molecule has 0 amide bonds. The molecule has 0 radical (unpaired) electrons. The highest BCUT2D eigenvalue weighted by atomic mass is 14.7. The van der Waals surface area contributed by atoms with Crippen LogP contribution in [0.15, 0.2) is 66.8 Å². The lowest BCUT2D eigenvalue weighted by Crippen LogP contribution is -2.33. The van der Waals surface area contributed by atoms with Crippen molar-refractivity contribution in [3.05, 3.63) is 72.3 Å². The quantitative estimate of drug-likeness (QED) is 0.815. The van der Waals surface area contributed by atoms with E-state index in [-0.39, 0.29) is 5.54 Å². The van der Waals surface area contributed by atoms with E-state index in [1.54, 1.807) is 0 Å². The molecule has 0 saturated carbocycles. The minimum absolute atomic E-state index is 0.246. The number of rotatable bonds is 2. The summed E-state index contributed by atoms with van der Waals surface area (Å²) in [4.78, 5) is 0. The minimum atomic E-state index is -0.246. The summed E-state index contributed by atoms with van der Waals surface area (Å²) in [6.07, 6.45) is 7.24. The molecule has 3 rings (SSSR count). The SMILES string of the molecule is CC1(N)C=CC(c2ccc(N)cc2-c2ccccc2)=CC1. The largest absolute Gasteiger partial charge is 0.399 e. The second kappa shape index (κ2) is 5.23. The standard InChI is InChI=1S/C19H20N2/c1-19(21)11-9-15(10-12-19)17-8-7-16(20)13-18(17)14-5-3-2-4-6-14/h2-11,13H,12,20-21H2,1H3. The van der Waals surface area contributed by atoms with Gasteiger partial charge in [-0.05, 0) is 47.7 Å². The summed E-state index contributed by atoms with van der Waals surface area (Å²) in [5, 5.41) is 0. The zero-order valence-electron chi connectivity index (χ0n) is 12.2. The molecule has 4 N–H and O–H groups in total. The van der Waals surface area contributed by atoms with Gasteiger partial charge in [0.15, 0.2) is 0 Å². The summed E-state index contributed by atoms with van der Waals surface area (Å²) in [6, 6.07) is 16.4. The lowest BCUT2D eigenvalue weighted by molar-refractivity contribution is 0.591. The van der Waals surface area contributed by atoms with Gasteiger partial charge < -0.3 is 11.5 Å². The molecule has 1 aliphatic rings. The Hall–Kier alpha value is -2.32. The van der Waals surface area contributed by atoms with E-state index in [1.165, 1.54) is 16.7 Å². The summed E-state index contributed by atoms with van der Waals surface area (Å²) in [6.45, 7) is 2.04.